The number of alkyl halides is 3. The number of aryl methyl sites for hydroxylation is 1. The molecular weight excluding hydrogens is 241 g/mol. The largest absolute Gasteiger partial charge is 0.481 e. The Morgan fingerprint density at radius 3 is 2.47 bits per heavy atom. The van der Waals surface area contributed by atoms with Crippen molar-refractivity contribution in [2.45, 2.75) is 25.9 Å². The molecule has 0 amide bonds. The highest BCUT2D eigenvalue weighted by Crippen LogP contribution is 2.18. The third kappa shape index (κ3) is 3.89. The van der Waals surface area contributed by atoms with Gasteiger partial charge in [-0.1, -0.05) is 0 Å². The standard InChI is InChI=1S/C9H9F3N2O3/c1-4-5(2-7(15)16)8(17)14-6(13-4)3-9(10,11)12/h2-3H2,1H3,(H,15,16)(H,13,14,17). The molecule has 0 saturated carbocycles. The summed E-state index contributed by atoms with van der Waals surface area (Å²) in [4.78, 5) is 27.2. The van der Waals surface area contributed by atoms with Crippen LogP contribution in [0.4, 0.5) is 13.2 Å². The third-order valence-electron chi connectivity index (χ3n) is 1.97. The number of rotatable bonds is 3. The van der Waals surface area contributed by atoms with Gasteiger partial charge in [0.2, 0.25) is 0 Å². The van der Waals surface area contributed by atoms with Crippen LogP contribution in [0.1, 0.15) is 17.1 Å². The maximum atomic E-state index is 12.1. The van der Waals surface area contributed by atoms with E-state index >= 15 is 0 Å². The van der Waals surface area contributed by atoms with Crippen LogP contribution in [0.15, 0.2) is 4.79 Å². The molecule has 94 valence electrons. The Morgan fingerprint density at radius 1 is 1.47 bits per heavy atom. The highest BCUT2D eigenvalue weighted by molar-refractivity contribution is 5.70. The van der Waals surface area contributed by atoms with Crippen LogP contribution in [0.3, 0.4) is 0 Å². The Morgan fingerprint density at radius 2 is 2.06 bits per heavy atom. The summed E-state index contributed by atoms with van der Waals surface area (Å²) >= 11 is 0. The Hall–Kier alpha value is -1.86. The zero-order chi connectivity index (χ0) is 13.2. The summed E-state index contributed by atoms with van der Waals surface area (Å²) in [5.74, 6) is -1.77. The fourth-order valence-corrected chi connectivity index (χ4v) is 1.30. The number of carboxylic acids is 1. The van der Waals surface area contributed by atoms with Crippen molar-refractivity contribution in [1.82, 2.24) is 9.97 Å². The van der Waals surface area contributed by atoms with Crippen LogP contribution in [-0.4, -0.2) is 27.2 Å². The minimum atomic E-state index is -4.48. The van der Waals surface area contributed by atoms with Gasteiger partial charge in [-0.05, 0) is 6.92 Å². The first-order chi connectivity index (χ1) is 7.69. The van der Waals surface area contributed by atoms with Gasteiger partial charge in [-0.2, -0.15) is 13.2 Å². The Kier molecular flexibility index (Phi) is 3.54. The fraction of sp³-hybridized carbons (Fsp3) is 0.444. The normalized spacial score (nSPS) is 11.5. The Balaban J connectivity index is 3.10. The van der Waals surface area contributed by atoms with E-state index in [0.717, 1.165) is 0 Å². The lowest BCUT2D eigenvalue weighted by Crippen LogP contribution is -2.24. The number of aromatic amines is 1. The third-order valence-corrected chi connectivity index (χ3v) is 1.97. The van der Waals surface area contributed by atoms with Crippen LogP contribution in [-0.2, 0) is 17.6 Å². The van der Waals surface area contributed by atoms with Crippen molar-refractivity contribution in [1.29, 1.82) is 0 Å². The van der Waals surface area contributed by atoms with Gasteiger partial charge in [0.1, 0.15) is 12.2 Å². The van der Waals surface area contributed by atoms with Crippen molar-refractivity contribution in [2.75, 3.05) is 0 Å². The predicted molar refractivity (Wildman–Crippen MR) is 50.7 cm³/mol. The van der Waals surface area contributed by atoms with Crippen LogP contribution in [0.2, 0.25) is 0 Å². The Bertz CT molecular complexity index is 493. The second-order valence-electron chi connectivity index (χ2n) is 3.44. The van der Waals surface area contributed by atoms with E-state index in [2.05, 4.69) is 4.98 Å². The molecule has 0 bridgehead atoms. The summed E-state index contributed by atoms with van der Waals surface area (Å²) in [5, 5.41) is 8.51. The number of halogens is 3. The molecule has 2 N–H and O–H groups in total. The van der Waals surface area contributed by atoms with Gasteiger partial charge in [-0.25, -0.2) is 4.98 Å². The van der Waals surface area contributed by atoms with Gasteiger partial charge in [0.05, 0.1) is 6.42 Å². The molecule has 8 heteroatoms. The molecule has 1 aromatic rings. The number of carboxylic acid groups (broad SMARTS) is 1. The fourth-order valence-electron chi connectivity index (χ4n) is 1.30. The van der Waals surface area contributed by atoms with E-state index in [-0.39, 0.29) is 11.3 Å². The quantitative estimate of drug-likeness (QED) is 0.831. The van der Waals surface area contributed by atoms with Crippen LogP contribution in [0.5, 0.6) is 0 Å². The van der Waals surface area contributed by atoms with Gasteiger partial charge in [0, 0.05) is 11.3 Å². The lowest BCUT2D eigenvalue weighted by Gasteiger charge is -2.07. The highest BCUT2D eigenvalue weighted by atomic mass is 19.4. The number of carbonyl (C=O) groups is 1. The molecule has 0 aliphatic carbocycles. The van der Waals surface area contributed by atoms with Crippen LogP contribution < -0.4 is 5.56 Å². The molecule has 0 aliphatic heterocycles. The molecular formula is C9H9F3N2O3. The van der Waals surface area contributed by atoms with Gasteiger partial charge in [-0.15, -0.1) is 0 Å². The second-order valence-corrected chi connectivity index (χ2v) is 3.44. The lowest BCUT2D eigenvalue weighted by molar-refractivity contribution is -0.136. The van der Waals surface area contributed by atoms with Crippen molar-refractivity contribution < 1.29 is 23.1 Å². The van der Waals surface area contributed by atoms with Gasteiger partial charge in [0.15, 0.2) is 0 Å². The first-order valence-electron chi connectivity index (χ1n) is 4.56. The molecule has 5 nitrogen and oxygen atoms in total. The minimum Gasteiger partial charge on any atom is -0.481 e. The van der Waals surface area contributed by atoms with E-state index in [0.29, 0.717) is 0 Å². The van der Waals surface area contributed by atoms with E-state index < -0.39 is 36.4 Å². The summed E-state index contributed by atoms with van der Waals surface area (Å²) in [6.45, 7) is 1.30. The highest BCUT2D eigenvalue weighted by Gasteiger charge is 2.29. The monoisotopic (exact) mass is 250 g/mol. The molecule has 0 fully saturated rings. The van der Waals surface area contributed by atoms with Crippen molar-refractivity contribution in [3.63, 3.8) is 0 Å². The maximum absolute atomic E-state index is 12.1. The molecule has 0 atom stereocenters. The maximum Gasteiger partial charge on any atom is 0.396 e. The van der Waals surface area contributed by atoms with Crippen LogP contribution in [0, 0.1) is 6.92 Å². The number of nitrogens with zero attached hydrogens (tertiary/aromatic N) is 1. The van der Waals surface area contributed by atoms with Gasteiger partial charge in [-0.3, -0.25) is 9.59 Å². The molecule has 0 aliphatic rings. The molecule has 17 heavy (non-hydrogen) atoms. The lowest BCUT2D eigenvalue weighted by atomic mass is 10.1. The zero-order valence-electron chi connectivity index (χ0n) is 8.76. The number of aromatic nitrogens is 2. The van der Waals surface area contributed by atoms with E-state index in [1.54, 1.807) is 0 Å². The van der Waals surface area contributed by atoms with Crippen molar-refractivity contribution in [3.05, 3.63) is 27.4 Å². The van der Waals surface area contributed by atoms with Gasteiger partial charge in [0.25, 0.3) is 5.56 Å². The molecule has 0 radical (unpaired) electrons. The van der Waals surface area contributed by atoms with E-state index in [1.165, 1.54) is 6.92 Å². The van der Waals surface area contributed by atoms with Crippen LogP contribution in [0.25, 0.3) is 0 Å². The Labute approximate surface area is 93.3 Å². The van der Waals surface area contributed by atoms with E-state index in [1.807, 2.05) is 4.98 Å². The first kappa shape index (κ1) is 13.2. The van der Waals surface area contributed by atoms with Crippen molar-refractivity contribution in [3.8, 4) is 0 Å². The zero-order valence-corrected chi connectivity index (χ0v) is 8.76. The molecule has 0 unspecified atom stereocenters. The predicted octanol–water partition coefficient (Wildman–Crippen LogP) is 0.810. The second kappa shape index (κ2) is 4.56. The topological polar surface area (TPSA) is 83.0 Å². The summed E-state index contributed by atoms with van der Waals surface area (Å²) in [6, 6.07) is 0. The number of aliphatic carboxylic acids is 1. The van der Waals surface area contributed by atoms with Crippen molar-refractivity contribution >= 4 is 5.97 Å². The molecule has 1 aromatic heterocycles. The van der Waals surface area contributed by atoms with Gasteiger partial charge >= 0.3 is 12.1 Å². The van der Waals surface area contributed by atoms with Gasteiger partial charge < -0.3 is 10.1 Å². The average Bonchev–Trinajstić information content (AvgIpc) is 2.08. The number of H-pyrrole nitrogens is 1. The SMILES string of the molecule is Cc1nc(CC(F)(F)F)[nH]c(=O)c1CC(=O)O. The number of nitrogens with one attached hydrogen (secondary N) is 1. The minimum absolute atomic E-state index is 0.00426. The smallest absolute Gasteiger partial charge is 0.396 e. The van der Waals surface area contributed by atoms with E-state index in [4.69, 9.17) is 5.11 Å². The summed E-state index contributed by atoms with van der Waals surface area (Å²) in [5.41, 5.74) is -0.988. The van der Waals surface area contributed by atoms with Crippen molar-refractivity contribution in [2.24, 2.45) is 0 Å². The number of hydrogen-bond donors (Lipinski definition) is 2. The summed E-state index contributed by atoms with van der Waals surface area (Å²) in [7, 11) is 0. The molecule has 0 aromatic carbocycles. The molecule has 0 saturated heterocycles. The summed E-state index contributed by atoms with van der Waals surface area (Å²) in [6.07, 6.45) is -6.40. The molecule has 0 spiro atoms. The first-order valence-corrected chi connectivity index (χ1v) is 4.56. The number of hydrogen-bond acceptors (Lipinski definition) is 3. The van der Waals surface area contributed by atoms with E-state index in [9.17, 15) is 22.8 Å². The average molecular weight is 250 g/mol. The molecule has 1 rings (SSSR count). The summed E-state index contributed by atoms with van der Waals surface area (Å²) < 4.78 is 36.2. The molecule has 1 heterocycles. The van der Waals surface area contributed by atoms with Crippen LogP contribution >= 0.6 is 0 Å².